The van der Waals surface area contributed by atoms with Crippen LogP contribution in [0, 0.1) is 17.2 Å². The van der Waals surface area contributed by atoms with Gasteiger partial charge in [-0.3, -0.25) is 9.59 Å². The lowest BCUT2D eigenvalue weighted by molar-refractivity contribution is -0.142. The molecule has 2 rings (SSSR count). The van der Waals surface area contributed by atoms with Crippen molar-refractivity contribution in [3.8, 4) is 6.07 Å². The fourth-order valence-electron chi connectivity index (χ4n) is 2.20. The first-order chi connectivity index (χ1) is 9.54. The number of likely N-dealkylation sites (N-methyl/N-ethyl adjacent to an activating group) is 1. The number of benzene rings is 1. The number of nitrogens with zero attached hydrogens (tertiary/aromatic N) is 2. The van der Waals surface area contributed by atoms with Crippen LogP contribution in [-0.4, -0.2) is 48.2 Å². The number of nitriles is 1. The van der Waals surface area contributed by atoms with Crippen LogP contribution in [0.4, 0.5) is 0 Å². The van der Waals surface area contributed by atoms with Crippen LogP contribution in [0.3, 0.4) is 0 Å². The van der Waals surface area contributed by atoms with Crippen molar-refractivity contribution in [3.63, 3.8) is 0 Å². The summed E-state index contributed by atoms with van der Waals surface area (Å²) in [5.74, 6) is -1.95. The van der Waals surface area contributed by atoms with E-state index in [1.807, 2.05) is 6.07 Å². The van der Waals surface area contributed by atoms with Gasteiger partial charge in [-0.15, -0.1) is 0 Å². The van der Waals surface area contributed by atoms with Crippen molar-refractivity contribution in [2.75, 3.05) is 20.3 Å². The summed E-state index contributed by atoms with van der Waals surface area (Å²) in [6.45, 7) is 0.334. The van der Waals surface area contributed by atoms with Crippen LogP contribution in [-0.2, 0) is 9.53 Å². The number of amides is 1. The average molecular weight is 274 g/mol. The van der Waals surface area contributed by atoms with Crippen molar-refractivity contribution in [2.24, 2.45) is 5.92 Å². The molecule has 1 fully saturated rings. The fraction of sp³-hybridized carbons (Fsp3) is 0.357. The lowest BCUT2D eigenvalue weighted by Crippen LogP contribution is -2.44. The van der Waals surface area contributed by atoms with E-state index in [1.165, 1.54) is 4.90 Å². The van der Waals surface area contributed by atoms with Gasteiger partial charge in [0.05, 0.1) is 30.9 Å². The average Bonchev–Trinajstić information content (AvgIpc) is 2.95. The Kier molecular flexibility index (Phi) is 4.01. The largest absolute Gasteiger partial charge is 0.481 e. The molecule has 1 aromatic carbocycles. The quantitative estimate of drug-likeness (QED) is 0.877. The molecule has 6 heteroatoms. The lowest BCUT2D eigenvalue weighted by Gasteiger charge is -2.26. The Labute approximate surface area is 116 Å². The highest BCUT2D eigenvalue weighted by molar-refractivity contribution is 5.94. The van der Waals surface area contributed by atoms with E-state index in [-0.39, 0.29) is 19.1 Å². The van der Waals surface area contributed by atoms with E-state index in [4.69, 9.17) is 15.1 Å². The van der Waals surface area contributed by atoms with Crippen LogP contribution in [0.1, 0.15) is 15.9 Å². The minimum absolute atomic E-state index is 0.116. The summed E-state index contributed by atoms with van der Waals surface area (Å²) in [7, 11) is 1.57. The zero-order valence-corrected chi connectivity index (χ0v) is 10.9. The Hall–Kier alpha value is -2.39. The first-order valence-electron chi connectivity index (χ1n) is 6.12. The molecule has 104 valence electrons. The maximum absolute atomic E-state index is 12.3. The number of carboxylic acid groups (broad SMARTS) is 1. The number of hydrogen-bond donors (Lipinski definition) is 1. The second kappa shape index (κ2) is 5.72. The van der Waals surface area contributed by atoms with Gasteiger partial charge in [-0.2, -0.15) is 5.26 Å². The number of aliphatic carboxylic acids is 1. The molecule has 0 radical (unpaired) electrons. The van der Waals surface area contributed by atoms with Gasteiger partial charge in [-0.1, -0.05) is 0 Å². The molecule has 2 atom stereocenters. The van der Waals surface area contributed by atoms with E-state index < -0.39 is 17.9 Å². The van der Waals surface area contributed by atoms with E-state index in [0.717, 1.165) is 0 Å². The number of rotatable bonds is 3. The molecule has 1 heterocycles. The summed E-state index contributed by atoms with van der Waals surface area (Å²) < 4.78 is 5.16. The highest BCUT2D eigenvalue weighted by Crippen LogP contribution is 2.20. The molecule has 0 spiro atoms. The summed E-state index contributed by atoms with van der Waals surface area (Å²) in [6.07, 6.45) is 0. The Balaban J connectivity index is 2.15. The summed E-state index contributed by atoms with van der Waals surface area (Å²) in [5, 5.41) is 17.8. The normalized spacial score (nSPS) is 21.2. The van der Waals surface area contributed by atoms with E-state index in [9.17, 15) is 9.59 Å². The molecule has 1 amide bonds. The molecule has 1 aliphatic heterocycles. The molecule has 20 heavy (non-hydrogen) atoms. The van der Waals surface area contributed by atoms with Gasteiger partial charge < -0.3 is 14.7 Å². The second-order valence-electron chi connectivity index (χ2n) is 4.65. The molecule has 1 N–H and O–H groups in total. The molecule has 1 aromatic rings. The van der Waals surface area contributed by atoms with E-state index in [0.29, 0.717) is 11.1 Å². The maximum atomic E-state index is 12.3. The number of carbonyl (C=O) groups is 2. The molecule has 0 aliphatic carbocycles. The van der Waals surface area contributed by atoms with Gasteiger partial charge in [0, 0.05) is 12.6 Å². The summed E-state index contributed by atoms with van der Waals surface area (Å²) >= 11 is 0. The predicted molar refractivity (Wildman–Crippen MR) is 69.0 cm³/mol. The van der Waals surface area contributed by atoms with Crippen LogP contribution in [0.25, 0.3) is 0 Å². The lowest BCUT2D eigenvalue weighted by atomic mass is 10.0. The van der Waals surface area contributed by atoms with Crippen molar-refractivity contribution in [3.05, 3.63) is 35.4 Å². The van der Waals surface area contributed by atoms with Crippen molar-refractivity contribution in [1.29, 1.82) is 5.26 Å². The topological polar surface area (TPSA) is 90.6 Å². The van der Waals surface area contributed by atoms with Crippen LogP contribution >= 0.6 is 0 Å². The number of ether oxygens (including phenoxy) is 1. The Morgan fingerprint density at radius 3 is 2.55 bits per heavy atom. The molecule has 1 aliphatic rings. The molecular formula is C14H14N2O4. The van der Waals surface area contributed by atoms with Crippen molar-refractivity contribution < 1.29 is 19.4 Å². The van der Waals surface area contributed by atoms with Gasteiger partial charge in [0.25, 0.3) is 5.91 Å². The zero-order valence-electron chi connectivity index (χ0n) is 10.9. The third-order valence-electron chi connectivity index (χ3n) is 3.45. The summed E-state index contributed by atoms with van der Waals surface area (Å²) in [5.41, 5.74) is 0.888. The Morgan fingerprint density at radius 2 is 2.00 bits per heavy atom. The minimum Gasteiger partial charge on any atom is -0.481 e. The summed E-state index contributed by atoms with van der Waals surface area (Å²) in [6, 6.07) is 7.73. The van der Waals surface area contributed by atoms with Crippen molar-refractivity contribution in [1.82, 2.24) is 4.90 Å². The first-order valence-corrected chi connectivity index (χ1v) is 6.12. The van der Waals surface area contributed by atoms with Gasteiger partial charge >= 0.3 is 5.97 Å². The minimum atomic E-state index is -0.966. The zero-order chi connectivity index (χ0) is 14.7. The smallest absolute Gasteiger partial charge is 0.311 e. The molecular weight excluding hydrogens is 260 g/mol. The van der Waals surface area contributed by atoms with Crippen LogP contribution in [0.15, 0.2) is 24.3 Å². The summed E-state index contributed by atoms with van der Waals surface area (Å²) in [4.78, 5) is 24.8. The molecule has 2 unspecified atom stereocenters. The highest BCUT2D eigenvalue weighted by Gasteiger charge is 2.38. The Bertz CT molecular complexity index is 562. The van der Waals surface area contributed by atoms with Crippen molar-refractivity contribution in [2.45, 2.75) is 6.04 Å². The standard InChI is InChI=1S/C14H14N2O4/c1-16(12-8-20-7-11(12)14(18)19)13(17)10-4-2-9(6-15)3-5-10/h2-5,11-12H,7-8H2,1H3,(H,18,19). The molecule has 0 saturated carbocycles. The van der Waals surface area contributed by atoms with E-state index in [2.05, 4.69) is 0 Å². The molecule has 0 aromatic heterocycles. The fourth-order valence-corrected chi connectivity index (χ4v) is 2.20. The van der Waals surface area contributed by atoms with E-state index in [1.54, 1.807) is 31.3 Å². The highest BCUT2D eigenvalue weighted by atomic mass is 16.5. The van der Waals surface area contributed by atoms with Crippen LogP contribution in [0.5, 0.6) is 0 Å². The predicted octanol–water partition coefficient (Wildman–Crippen LogP) is 0.730. The Morgan fingerprint density at radius 1 is 1.35 bits per heavy atom. The number of hydrogen-bond acceptors (Lipinski definition) is 4. The molecule has 1 saturated heterocycles. The third kappa shape index (κ3) is 2.63. The van der Waals surface area contributed by atoms with Crippen LogP contribution in [0.2, 0.25) is 0 Å². The van der Waals surface area contributed by atoms with Gasteiger partial charge in [0.1, 0.15) is 5.92 Å². The number of carbonyl (C=O) groups excluding carboxylic acids is 1. The van der Waals surface area contributed by atoms with E-state index >= 15 is 0 Å². The van der Waals surface area contributed by atoms with Crippen molar-refractivity contribution >= 4 is 11.9 Å². The van der Waals surface area contributed by atoms with Gasteiger partial charge in [0.2, 0.25) is 0 Å². The van der Waals surface area contributed by atoms with Gasteiger partial charge in [-0.05, 0) is 24.3 Å². The third-order valence-corrected chi connectivity index (χ3v) is 3.45. The van der Waals surface area contributed by atoms with Gasteiger partial charge in [0.15, 0.2) is 0 Å². The van der Waals surface area contributed by atoms with Gasteiger partial charge in [-0.25, -0.2) is 0 Å². The monoisotopic (exact) mass is 274 g/mol. The second-order valence-corrected chi connectivity index (χ2v) is 4.65. The maximum Gasteiger partial charge on any atom is 0.311 e. The number of carboxylic acids is 1. The molecule has 6 nitrogen and oxygen atoms in total. The molecule has 0 bridgehead atoms. The first kappa shape index (κ1) is 14.0. The SMILES string of the molecule is CN(C(=O)c1ccc(C#N)cc1)C1COCC1C(=O)O. The van der Waals surface area contributed by atoms with Crippen LogP contribution < -0.4 is 0 Å².